The summed E-state index contributed by atoms with van der Waals surface area (Å²) in [6.07, 6.45) is 5.41. The van der Waals surface area contributed by atoms with Crippen molar-refractivity contribution >= 4 is 22.8 Å². The largest absolute Gasteiger partial charge is 0.375 e. The first-order chi connectivity index (χ1) is 16.5. The average molecular weight is 465 g/mol. The van der Waals surface area contributed by atoms with Gasteiger partial charge in [0.2, 0.25) is 5.91 Å². The number of halogens is 1. The summed E-state index contributed by atoms with van der Waals surface area (Å²) in [6.45, 7) is 1.22. The van der Waals surface area contributed by atoms with Crippen LogP contribution in [-0.4, -0.2) is 71.5 Å². The van der Waals surface area contributed by atoms with E-state index in [4.69, 9.17) is 4.74 Å². The first kappa shape index (κ1) is 23.8. The van der Waals surface area contributed by atoms with Crippen molar-refractivity contribution in [1.29, 1.82) is 0 Å². The lowest BCUT2D eigenvalue weighted by molar-refractivity contribution is -0.137. The third kappa shape index (κ3) is 5.39. The Hall–Kier alpha value is -3.39. The molecule has 178 valence electrons. The lowest BCUT2D eigenvalue weighted by atomic mass is 9.84. The summed E-state index contributed by atoms with van der Waals surface area (Å²) in [5.41, 5.74) is 3.02. The molecule has 1 saturated heterocycles. The number of carbonyl (C=O) groups is 2. The summed E-state index contributed by atoms with van der Waals surface area (Å²) in [7, 11) is 3.30. The van der Waals surface area contributed by atoms with Crippen molar-refractivity contribution in [1.82, 2.24) is 19.8 Å². The molecular weight excluding hydrogens is 435 g/mol. The summed E-state index contributed by atoms with van der Waals surface area (Å²) < 4.78 is 18.4. The topological polar surface area (TPSA) is 75.6 Å². The molecule has 0 bridgehead atoms. The zero-order chi connectivity index (χ0) is 24.1. The first-order valence-corrected chi connectivity index (χ1v) is 11.5. The third-order valence-electron chi connectivity index (χ3n) is 6.60. The molecule has 34 heavy (non-hydrogen) atoms. The average Bonchev–Trinajstić information content (AvgIpc) is 2.87. The summed E-state index contributed by atoms with van der Waals surface area (Å²) in [6, 6.07) is 11.7. The van der Waals surface area contributed by atoms with Crippen LogP contribution in [0, 0.1) is 11.7 Å². The van der Waals surface area contributed by atoms with E-state index in [2.05, 4.69) is 9.97 Å². The van der Waals surface area contributed by atoms with E-state index in [9.17, 15) is 14.0 Å². The molecule has 2 amide bonds. The monoisotopic (exact) mass is 464 g/mol. The highest BCUT2D eigenvalue weighted by Crippen LogP contribution is 2.28. The SMILES string of the molecule is COCC(=O)N(C)[C@@H](Cc1ccc(F)cc1)C1CCN(C(=O)c2ccc3nccnc3c2)CC1. The Kier molecular flexibility index (Phi) is 7.47. The summed E-state index contributed by atoms with van der Waals surface area (Å²) >= 11 is 0. The van der Waals surface area contributed by atoms with E-state index in [1.54, 1.807) is 48.6 Å². The summed E-state index contributed by atoms with van der Waals surface area (Å²) in [5, 5.41) is 0. The van der Waals surface area contributed by atoms with Gasteiger partial charge in [0.05, 0.1) is 11.0 Å². The van der Waals surface area contributed by atoms with Crippen LogP contribution >= 0.6 is 0 Å². The molecule has 1 fully saturated rings. The predicted molar refractivity (Wildman–Crippen MR) is 127 cm³/mol. The number of nitrogens with zero attached hydrogens (tertiary/aromatic N) is 4. The van der Waals surface area contributed by atoms with Gasteiger partial charge in [-0.3, -0.25) is 19.6 Å². The number of methoxy groups -OCH3 is 1. The Balaban J connectivity index is 1.46. The number of hydrogen-bond donors (Lipinski definition) is 0. The minimum Gasteiger partial charge on any atom is -0.375 e. The Morgan fingerprint density at radius 1 is 1.09 bits per heavy atom. The van der Waals surface area contributed by atoms with Crippen molar-refractivity contribution in [3.63, 3.8) is 0 Å². The second-order valence-corrected chi connectivity index (χ2v) is 8.73. The van der Waals surface area contributed by atoms with Gasteiger partial charge in [-0.2, -0.15) is 0 Å². The fraction of sp³-hybridized carbons (Fsp3) is 0.385. The molecule has 4 rings (SSSR count). The lowest BCUT2D eigenvalue weighted by Gasteiger charge is -2.40. The second-order valence-electron chi connectivity index (χ2n) is 8.73. The van der Waals surface area contributed by atoms with Crippen LogP contribution in [-0.2, 0) is 16.0 Å². The van der Waals surface area contributed by atoms with Crippen LogP contribution in [0.25, 0.3) is 11.0 Å². The highest BCUT2D eigenvalue weighted by atomic mass is 19.1. The molecular formula is C26H29FN4O3. The van der Waals surface area contributed by atoms with Crippen LogP contribution in [0.4, 0.5) is 4.39 Å². The van der Waals surface area contributed by atoms with Gasteiger partial charge in [-0.25, -0.2) is 4.39 Å². The van der Waals surface area contributed by atoms with Crippen molar-refractivity contribution in [2.75, 3.05) is 33.9 Å². The number of amides is 2. The molecule has 1 aromatic heterocycles. The fourth-order valence-corrected chi connectivity index (χ4v) is 4.66. The van der Waals surface area contributed by atoms with Gasteiger partial charge < -0.3 is 14.5 Å². The standard InChI is InChI=1S/C26H29FN4O3/c1-30(25(32)17-34-2)24(15-18-3-6-21(27)7-4-18)19-9-13-31(14-10-19)26(33)20-5-8-22-23(16-20)29-12-11-28-22/h3-8,11-12,16,19,24H,9-10,13-15,17H2,1-2H3/t24-/m0/s1. The van der Waals surface area contributed by atoms with Crippen LogP contribution in [0.15, 0.2) is 54.9 Å². The Labute approximate surface area is 198 Å². The number of benzene rings is 2. The van der Waals surface area contributed by atoms with Gasteiger partial charge in [0.1, 0.15) is 12.4 Å². The van der Waals surface area contributed by atoms with Crippen molar-refractivity contribution in [2.45, 2.75) is 25.3 Å². The van der Waals surface area contributed by atoms with Crippen LogP contribution in [0.2, 0.25) is 0 Å². The molecule has 2 aromatic carbocycles. The number of likely N-dealkylation sites (N-methyl/N-ethyl adjacent to an activating group) is 1. The van der Waals surface area contributed by atoms with Crippen LogP contribution in [0.3, 0.4) is 0 Å². The molecule has 0 unspecified atom stereocenters. The molecule has 2 heterocycles. The first-order valence-electron chi connectivity index (χ1n) is 11.5. The second kappa shape index (κ2) is 10.7. The molecule has 1 aliphatic heterocycles. The number of fused-ring (bicyclic) bond motifs is 1. The number of piperidine rings is 1. The minimum absolute atomic E-state index is 0.0125. The number of carbonyl (C=O) groups excluding carboxylic acids is 2. The summed E-state index contributed by atoms with van der Waals surface area (Å²) in [5.74, 6) is -0.187. The number of likely N-dealkylation sites (tertiary alicyclic amines) is 1. The predicted octanol–water partition coefficient (Wildman–Crippen LogP) is 3.34. The van der Waals surface area contributed by atoms with Gasteiger partial charge in [0.25, 0.3) is 5.91 Å². The zero-order valence-electron chi connectivity index (χ0n) is 19.5. The smallest absolute Gasteiger partial charge is 0.253 e. The molecule has 3 aromatic rings. The Bertz CT molecular complexity index is 1150. The number of rotatable bonds is 7. The van der Waals surface area contributed by atoms with Gasteiger partial charge in [-0.1, -0.05) is 12.1 Å². The highest BCUT2D eigenvalue weighted by Gasteiger charge is 2.33. The molecule has 0 spiro atoms. The van der Waals surface area contributed by atoms with E-state index in [-0.39, 0.29) is 36.2 Å². The van der Waals surface area contributed by atoms with Crippen molar-refractivity contribution < 1.29 is 18.7 Å². The molecule has 0 radical (unpaired) electrons. The maximum Gasteiger partial charge on any atom is 0.253 e. The summed E-state index contributed by atoms with van der Waals surface area (Å²) in [4.78, 5) is 37.9. The van der Waals surface area contributed by atoms with Gasteiger partial charge in [-0.15, -0.1) is 0 Å². The normalized spacial score (nSPS) is 15.3. The Morgan fingerprint density at radius 2 is 1.76 bits per heavy atom. The van der Waals surface area contributed by atoms with Crippen LogP contribution in [0.5, 0.6) is 0 Å². The molecule has 7 nitrogen and oxygen atoms in total. The van der Waals surface area contributed by atoms with Crippen molar-refractivity contribution in [2.24, 2.45) is 5.92 Å². The highest BCUT2D eigenvalue weighted by molar-refractivity contribution is 5.97. The molecule has 0 aliphatic carbocycles. The van der Waals surface area contributed by atoms with Gasteiger partial charge in [0.15, 0.2) is 0 Å². The number of hydrogen-bond acceptors (Lipinski definition) is 5. The Morgan fingerprint density at radius 3 is 2.44 bits per heavy atom. The number of aromatic nitrogens is 2. The van der Waals surface area contributed by atoms with Crippen LogP contribution in [0.1, 0.15) is 28.8 Å². The molecule has 1 aliphatic rings. The quantitative estimate of drug-likeness (QED) is 0.536. The molecule has 8 heteroatoms. The van der Waals surface area contributed by atoms with E-state index >= 15 is 0 Å². The van der Waals surface area contributed by atoms with E-state index in [1.165, 1.54) is 19.2 Å². The van der Waals surface area contributed by atoms with E-state index in [0.717, 1.165) is 23.9 Å². The molecule has 0 saturated carbocycles. The van der Waals surface area contributed by atoms with Gasteiger partial charge >= 0.3 is 0 Å². The van der Waals surface area contributed by atoms with Gasteiger partial charge in [0, 0.05) is 51.2 Å². The third-order valence-corrected chi connectivity index (χ3v) is 6.60. The van der Waals surface area contributed by atoms with E-state index in [0.29, 0.717) is 30.6 Å². The maximum absolute atomic E-state index is 13.4. The molecule has 0 N–H and O–H groups in total. The fourth-order valence-electron chi connectivity index (χ4n) is 4.66. The maximum atomic E-state index is 13.4. The number of ether oxygens (including phenoxy) is 1. The van der Waals surface area contributed by atoms with Crippen molar-refractivity contribution in [3.05, 3.63) is 71.8 Å². The lowest BCUT2D eigenvalue weighted by Crippen LogP contribution is -2.49. The van der Waals surface area contributed by atoms with Crippen LogP contribution < -0.4 is 0 Å². The minimum atomic E-state index is -0.282. The van der Waals surface area contributed by atoms with Gasteiger partial charge in [-0.05, 0) is 61.1 Å². The van der Waals surface area contributed by atoms with E-state index in [1.807, 2.05) is 11.0 Å². The van der Waals surface area contributed by atoms with Crippen molar-refractivity contribution in [3.8, 4) is 0 Å². The van der Waals surface area contributed by atoms with E-state index < -0.39 is 0 Å². The zero-order valence-corrected chi connectivity index (χ0v) is 19.5. The molecule has 1 atom stereocenters.